The summed E-state index contributed by atoms with van der Waals surface area (Å²) < 4.78 is 22.0. The van der Waals surface area contributed by atoms with Gasteiger partial charge in [0.2, 0.25) is 10.0 Å². The molecule has 0 saturated heterocycles. The first kappa shape index (κ1) is 15.5. The Morgan fingerprint density at radius 1 is 0.952 bits per heavy atom. The smallest absolute Gasteiger partial charge is 0.213 e. The minimum atomic E-state index is -3.47. The Bertz CT molecular complexity index is 722. The summed E-state index contributed by atoms with van der Waals surface area (Å²) in [5.41, 5.74) is 5.41. The summed E-state index contributed by atoms with van der Waals surface area (Å²) in [7, 11) is -3.47. The third-order valence-corrected chi connectivity index (χ3v) is 4.13. The number of benzene rings is 2. The molecule has 2 aromatic rings. The van der Waals surface area contributed by atoms with Gasteiger partial charge in [-0.05, 0) is 48.2 Å². The highest BCUT2D eigenvalue weighted by Gasteiger charge is 2.04. The van der Waals surface area contributed by atoms with Crippen molar-refractivity contribution in [3.63, 3.8) is 0 Å². The summed E-state index contributed by atoms with van der Waals surface area (Å²) in [6.07, 6.45) is 0. The van der Waals surface area contributed by atoms with Gasteiger partial charge in [-0.1, -0.05) is 30.3 Å². The Morgan fingerprint density at radius 3 is 2.14 bits per heavy atom. The van der Waals surface area contributed by atoms with Crippen molar-refractivity contribution in [2.75, 3.05) is 5.32 Å². The van der Waals surface area contributed by atoms with Gasteiger partial charge in [-0.2, -0.15) is 0 Å². The van der Waals surface area contributed by atoms with Crippen molar-refractivity contribution in [1.82, 2.24) is 0 Å². The average Bonchev–Trinajstić information content (AvgIpc) is 2.40. The van der Waals surface area contributed by atoms with E-state index in [1.165, 1.54) is 16.7 Å². The van der Waals surface area contributed by atoms with Crippen LogP contribution in [0.4, 0.5) is 5.69 Å². The number of nitrogens with two attached hydrogens (primary N) is 1. The molecule has 0 spiro atoms. The summed E-state index contributed by atoms with van der Waals surface area (Å²) in [4.78, 5) is 0. The third kappa shape index (κ3) is 4.88. The zero-order valence-electron chi connectivity index (χ0n) is 12.3. The van der Waals surface area contributed by atoms with Crippen LogP contribution in [-0.2, 0) is 22.3 Å². The fraction of sp³-hybridized carbons (Fsp3) is 0.250. The predicted octanol–water partition coefficient (Wildman–Crippen LogP) is 2.70. The minimum absolute atomic E-state index is 0.134. The quantitative estimate of drug-likeness (QED) is 0.892. The maximum Gasteiger partial charge on any atom is 0.213 e. The number of rotatable bonds is 5. The summed E-state index contributed by atoms with van der Waals surface area (Å²) in [5.74, 6) is -0.134. The molecule has 5 heteroatoms. The van der Waals surface area contributed by atoms with E-state index in [4.69, 9.17) is 5.14 Å². The van der Waals surface area contributed by atoms with Gasteiger partial charge in [-0.3, -0.25) is 0 Å². The number of primary sulfonamides is 1. The molecule has 0 atom stereocenters. The van der Waals surface area contributed by atoms with Crippen LogP contribution in [0, 0.1) is 13.8 Å². The average molecular weight is 304 g/mol. The molecule has 0 aromatic heterocycles. The minimum Gasteiger partial charge on any atom is -0.381 e. The predicted molar refractivity (Wildman–Crippen MR) is 86.5 cm³/mol. The molecule has 2 aromatic carbocycles. The van der Waals surface area contributed by atoms with E-state index in [0.29, 0.717) is 5.56 Å². The number of hydrogen-bond acceptors (Lipinski definition) is 3. The van der Waals surface area contributed by atoms with E-state index >= 15 is 0 Å². The molecule has 0 heterocycles. The monoisotopic (exact) mass is 304 g/mol. The molecule has 0 aliphatic rings. The Balaban J connectivity index is 1.99. The van der Waals surface area contributed by atoms with Gasteiger partial charge < -0.3 is 5.32 Å². The SMILES string of the molecule is Cc1ccc(CNc2ccc(CS(N)(=O)=O)cc2)cc1C. The van der Waals surface area contributed by atoms with Gasteiger partial charge in [0.25, 0.3) is 0 Å². The third-order valence-electron chi connectivity index (χ3n) is 3.39. The van der Waals surface area contributed by atoms with E-state index in [2.05, 4.69) is 37.4 Å². The topological polar surface area (TPSA) is 72.2 Å². The molecular weight excluding hydrogens is 284 g/mol. The van der Waals surface area contributed by atoms with E-state index in [9.17, 15) is 8.42 Å². The van der Waals surface area contributed by atoms with Gasteiger partial charge in [-0.15, -0.1) is 0 Å². The molecule has 0 aliphatic carbocycles. The number of anilines is 1. The number of hydrogen-bond donors (Lipinski definition) is 2. The highest BCUT2D eigenvalue weighted by atomic mass is 32.2. The second-order valence-corrected chi connectivity index (χ2v) is 6.89. The molecule has 0 amide bonds. The molecular formula is C16H20N2O2S. The first-order valence-electron chi connectivity index (χ1n) is 6.73. The maximum atomic E-state index is 11.0. The highest BCUT2D eigenvalue weighted by Crippen LogP contribution is 2.14. The lowest BCUT2D eigenvalue weighted by Crippen LogP contribution is -2.14. The van der Waals surface area contributed by atoms with Crippen LogP contribution in [0.5, 0.6) is 0 Å². The zero-order chi connectivity index (χ0) is 15.5. The van der Waals surface area contributed by atoms with Crippen LogP contribution >= 0.6 is 0 Å². The van der Waals surface area contributed by atoms with Crippen molar-refractivity contribution in [2.24, 2.45) is 5.14 Å². The van der Waals surface area contributed by atoms with Crippen molar-refractivity contribution >= 4 is 15.7 Å². The Kier molecular flexibility index (Phi) is 4.65. The molecule has 0 saturated carbocycles. The standard InChI is InChI=1S/C16H20N2O2S/c1-12-3-4-15(9-13(12)2)10-18-16-7-5-14(6-8-16)11-21(17,19)20/h3-9,18H,10-11H2,1-2H3,(H2,17,19,20). The lowest BCUT2D eigenvalue weighted by molar-refractivity contribution is 0.597. The highest BCUT2D eigenvalue weighted by molar-refractivity contribution is 7.88. The second kappa shape index (κ2) is 6.28. The second-order valence-electron chi connectivity index (χ2n) is 5.28. The number of nitrogens with one attached hydrogen (secondary N) is 1. The summed E-state index contributed by atoms with van der Waals surface area (Å²) in [6, 6.07) is 13.6. The Labute approximate surface area is 126 Å². The lowest BCUT2D eigenvalue weighted by Gasteiger charge is -2.09. The molecule has 0 aliphatic heterocycles. The van der Waals surface area contributed by atoms with Crippen LogP contribution in [-0.4, -0.2) is 8.42 Å². The van der Waals surface area contributed by atoms with E-state index in [1.807, 2.05) is 12.1 Å². The summed E-state index contributed by atoms with van der Waals surface area (Å²) in [5, 5.41) is 8.34. The van der Waals surface area contributed by atoms with Gasteiger partial charge in [0.05, 0.1) is 5.75 Å². The van der Waals surface area contributed by atoms with E-state index < -0.39 is 10.0 Å². The number of sulfonamides is 1. The van der Waals surface area contributed by atoms with E-state index in [-0.39, 0.29) is 5.75 Å². The molecule has 0 fully saturated rings. The molecule has 0 unspecified atom stereocenters. The van der Waals surface area contributed by atoms with Crippen molar-refractivity contribution in [3.8, 4) is 0 Å². The van der Waals surface area contributed by atoms with Gasteiger partial charge >= 0.3 is 0 Å². The van der Waals surface area contributed by atoms with Gasteiger partial charge in [-0.25, -0.2) is 13.6 Å². The van der Waals surface area contributed by atoms with Crippen LogP contribution in [0.15, 0.2) is 42.5 Å². The molecule has 21 heavy (non-hydrogen) atoms. The van der Waals surface area contributed by atoms with Crippen molar-refractivity contribution in [1.29, 1.82) is 0 Å². The molecule has 3 N–H and O–H groups in total. The first-order valence-corrected chi connectivity index (χ1v) is 8.44. The van der Waals surface area contributed by atoms with Crippen LogP contribution in [0.3, 0.4) is 0 Å². The lowest BCUT2D eigenvalue weighted by atomic mass is 10.1. The Morgan fingerprint density at radius 2 is 1.57 bits per heavy atom. The first-order chi connectivity index (χ1) is 9.83. The van der Waals surface area contributed by atoms with Crippen LogP contribution in [0.1, 0.15) is 22.3 Å². The molecule has 2 rings (SSSR count). The fourth-order valence-corrected chi connectivity index (χ4v) is 2.73. The Hall–Kier alpha value is -1.85. The van der Waals surface area contributed by atoms with Gasteiger partial charge in [0, 0.05) is 12.2 Å². The maximum absolute atomic E-state index is 11.0. The van der Waals surface area contributed by atoms with Crippen molar-refractivity contribution in [2.45, 2.75) is 26.1 Å². The molecule has 0 radical (unpaired) electrons. The normalized spacial score (nSPS) is 11.4. The van der Waals surface area contributed by atoms with Crippen molar-refractivity contribution in [3.05, 3.63) is 64.7 Å². The largest absolute Gasteiger partial charge is 0.381 e. The van der Waals surface area contributed by atoms with Gasteiger partial charge in [0.15, 0.2) is 0 Å². The van der Waals surface area contributed by atoms with Crippen LogP contribution < -0.4 is 10.5 Å². The van der Waals surface area contributed by atoms with Gasteiger partial charge in [0.1, 0.15) is 0 Å². The molecule has 4 nitrogen and oxygen atoms in total. The number of aryl methyl sites for hydroxylation is 2. The van der Waals surface area contributed by atoms with Crippen LogP contribution in [0.2, 0.25) is 0 Å². The molecule has 0 bridgehead atoms. The van der Waals surface area contributed by atoms with E-state index in [1.54, 1.807) is 12.1 Å². The van der Waals surface area contributed by atoms with Crippen LogP contribution in [0.25, 0.3) is 0 Å². The fourth-order valence-electron chi connectivity index (χ4n) is 2.07. The summed E-state index contributed by atoms with van der Waals surface area (Å²) in [6.45, 7) is 4.92. The van der Waals surface area contributed by atoms with Crippen molar-refractivity contribution < 1.29 is 8.42 Å². The zero-order valence-corrected chi connectivity index (χ0v) is 13.1. The summed E-state index contributed by atoms with van der Waals surface area (Å²) >= 11 is 0. The molecule has 112 valence electrons. The van der Waals surface area contributed by atoms with E-state index in [0.717, 1.165) is 12.2 Å².